The van der Waals surface area contributed by atoms with Gasteiger partial charge in [0.1, 0.15) is 12.6 Å². The van der Waals surface area contributed by atoms with Gasteiger partial charge in [0.05, 0.1) is 6.42 Å². The Kier molecular flexibility index (Phi) is 6.44. The minimum absolute atomic E-state index is 0.00288. The number of alkyl carbamates (subject to hydrolysis) is 1. The molecule has 0 bridgehead atoms. The van der Waals surface area contributed by atoms with Crippen molar-refractivity contribution in [3.63, 3.8) is 0 Å². The van der Waals surface area contributed by atoms with Gasteiger partial charge in [0.15, 0.2) is 0 Å². The van der Waals surface area contributed by atoms with Gasteiger partial charge in [0.2, 0.25) is 5.91 Å². The van der Waals surface area contributed by atoms with Crippen molar-refractivity contribution in [2.45, 2.75) is 50.6 Å². The van der Waals surface area contributed by atoms with Crippen LogP contribution in [0.2, 0.25) is 0 Å². The molecule has 1 fully saturated rings. The minimum atomic E-state index is -1.18. The van der Waals surface area contributed by atoms with Gasteiger partial charge < -0.3 is 20.5 Å². The van der Waals surface area contributed by atoms with E-state index in [2.05, 4.69) is 10.6 Å². The summed E-state index contributed by atoms with van der Waals surface area (Å²) in [7, 11) is 0. The molecule has 2 aliphatic carbocycles. The highest BCUT2D eigenvalue weighted by Crippen LogP contribution is 2.44. The van der Waals surface area contributed by atoms with Crippen molar-refractivity contribution in [3.05, 3.63) is 59.7 Å². The summed E-state index contributed by atoms with van der Waals surface area (Å²) in [6.07, 6.45) is 1.58. The topological polar surface area (TPSA) is 105 Å². The number of ether oxygens (including phenoxy) is 1. The predicted molar refractivity (Wildman–Crippen MR) is 119 cm³/mol. The summed E-state index contributed by atoms with van der Waals surface area (Å²) in [5.74, 6) is -1.33. The predicted octanol–water partition coefficient (Wildman–Crippen LogP) is 3.67. The van der Waals surface area contributed by atoms with Gasteiger partial charge in [-0.3, -0.25) is 9.59 Å². The molecule has 3 N–H and O–H groups in total. The number of benzene rings is 2. The van der Waals surface area contributed by atoms with Crippen molar-refractivity contribution in [3.8, 4) is 11.1 Å². The van der Waals surface area contributed by atoms with E-state index in [9.17, 15) is 19.5 Å². The first kappa shape index (κ1) is 21.9. The Bertz CT molecular complexity index is 971. The summed E-state index contributed by atoms with van der Waals surface area (Å²) in [5.41, 5.74) is 4.39. The lowest BCUT2D eigenvalue weighted by Crippen LogP contribution is -2.51. The number of hydrogen-bond donors (Lipinski definition) is 3. The number of amides is 2. The molecule has 0 radical (unpaired) electrons. The molecule has 2 unspecified atom stereocenters. The number of fused-ring (bicyclic) bond motifs is 3. The normalized spacial score (nSPS) is 16.4. The first-order valence-corrected chi connectivity index (χ1v) is 11.1. The molecule has 2 aromatic carbocycles. The summed E-state index contributed by atoms with van der Waals surface area (Å²) in [6.45, 7) is 2.08. The van der Waals surface area contributed by atoms with Crippen LogP contribution in [0.15, 0.2) is 48.5 Å². The number of carboxylic acid groups (broad SMARTS) is 1. The molecule has 0 heterocycles. The van der Waals surface area contributed by atoms with Gasteiger partial charge in [-0.05, 0) is 47.4 Å². The van der Waals surface area contributed by atoms with Crippen LogP contribution in [-0.4, -0.2) is 41.8 Å². The fraction of sp³-hybridized carbons (Fsp3) is 0.400. The van der Waals surface area contributed by atoms with Crippen molar-refractivity contribution in [2.75, 3.05) is 6.61 Å². The molecule has 0 aliphatic heterocycles. The molecule has 2 aromatic rings. The van der Waals surface area contributed by atoms with E-state index in [1.54, 1.807) is 0 Å². The zero-order chi connectivity index (χ0) is 22.7. The van der Waals surface area contributed by atoms with Crippen LogP contribution in [0.25, 0.3) is 11.1 Å². The number of carboxylic acids is 1. The molecule has 1 saturated carbocycles. The monoisotopic (exact) mass is 436 g/mol. The average molecular weight is 437 g/mol. The van der Waals surface area contributed by atoms with Crippen molar-refractivity contribution in [1.29, 1.82) is 0 Å². The van der Waals surface area contributed by atoms with Crippen LogP contribution in [0, 0.1) is 5.92 Å². The van der Waals surface area contributed by atoms with Gasteiger partial charge in [-0.25, -0.2) is 4.79 Å². The maximum absolute atomic E-state index is 12.7. The second-order valence-corrected chi connectivity index (χ2v) is 8.48. The molecule has 2 aliphatic rings. The van der Waals surface area contributed by atoms with E-state index in [1.807, 2.05) is 55.5 Å². The maximum atomic E-state index is 12.7. The summed E-state index contributed by atoms with van der Waals surface area (Å²) in [5, 5.41) is 14.6. The highest BCUT2D eigenvalue weighted by atomic mass is 16.5. The zero-order valence-corrected chi connectivity index (χ0v) is 18.0. The fourth-order valence-corrected chi connectivity index (χ4v) is 4.50. The smallest absolute Gasteiger partial charge is 0.407 e. The lowest BCUT2D eigenvalue weighted by Gasteiger charge is -2.22. The standard InChI is InChI=1S/C25H28N2O5/c1-2-21(15-11-12-15)26-24(30)22(13-23(28)29)27-25(31)32-14-20-18-9-5-3-7-16(18)17-8-4-6-10-19(17)20/h3-10,15,20-22H,2,11-14H2,1H3,(H,26,30)(H,27,31)(H,28,29). The second kappa shape index (κ2) is 9.42. The number of carbonyl (C=O) groups excluding carboxylic acids is 2. The average Bonchev–Trinajstić information content (AvgIpc) is 3.58. The molecule has 0 spiro atoms. The zero-order valence-electron chi connectivity index (χ0n) is 18.0. The third kappa shape index (κ3) is 4.77. The Labute approximate surface area is 187 Å². The quantitative estimate of drug-likeness (QED) is 0.556. The van der Waals surface area contributed by atoms with Crippen molar-refractivity contribution < 1.29 is 24.2 Å². The highest BCUT2D eigenvalue weighted by Gasteiger charge is 2.34. The lowest BCUT2D eigenvalue weighted by atomic mass is 9.98. The number of hydrogen-bond acceptors (Lipinski definition) is 4. The molecule has 7 heteroatoms. The van der Waals surface area contributed by atoms with Gasteiger partial charge in [0, 0.05) is 12.0 Å². The van der Waals surface area contributed by atoms with Gasteiger partial charge in [-0.1, -0.05) is 55.5 Å². The van der Waals surface area contributed by atoms with Crippen LogP contribution >= 0.6 is 0 Å². The fourth-order valence-electron chi connectivity index (χ4n) is 4.50. The first-order chi connectivity index (χ1) is 15.5. The number of nitrogens with one attached hydrogen (secondary N) is 2. The molecule has 32 heavy (non-hydrogen) atoms. The minimum Gasteiger partial charge on any atom is -0.481 e. The lowest BCUT2D eigenvalue weighted by molar-refractivity contribution is -0.140. The molecule has 4 rings (SSSR count). The Morgan fingerprint density at radius 1 is 1.00 bits per heavy atom. The van der Waals surface area contributed by atoms with Gasteiger partial charge in [-0.2, -0.15) is 0 Å². The third-order valence-corrected chi connectivity index (χ3v) is 6.29. The molecular weight excluding hydrogens is 408 g/mol. The van der Waals surface area contributed by atoms with Crippen LogP contribution in [0.1, 0.15) is 49.7 Å². The SMILES string of the molecule is CCC(NC(=O)C(CC(=O)O)NC(=O)OCC1c2ccccc2-c2ccccc21)C1CC1. The summed E-state index contributed by atoms with van der Waals surface area (Å²) in [4.78, 5) is 36.4. The van der Waals surface area contributed by atoms with Gasteiger partial charge in [0.25, 0.3) is 0 Å². The highest BCUT2D eigenvalue weighted by molar-refractivity contribution is 5.89. The number of carbonyl (C=O) groups is 3. The molecule has 7 nitrogen and oxygen atoms in total. The van der Waals surface area contributed by atoms with E-state index in [0.717, 1.165) is 41.5 Å². The maximum Gasteiger partial charge on any atom is 0.407 e. The summed E-state index contributed by atoms with van der Waals surface area (Å²) < 4.78 is 5.47. The number of aliphatic carboxylic acids is 1. The Hall–Kier alpha value is -3.35. The van der Waals surface area contributed by atoms with Gasteiger partial charge in [-0.15, -0.1) is 0 Å². The van der Waals surface area contributed by atoms with E-state index in [4.69, 9.17) is 4.74 Å². The van der Waals surface area contributed by atoms with Crippen LogP contribution in [-0.2, 0) is 14.3 Å². The molecule has 0 saturated heterocycles. The summed E-state index contributed by atoms with van der Waals surface area (Å²) >= 11 is 0. The Morgan fingerprint density at radius 2 is 1.59 bits per heavy atom. The molecule has 168 valence electrons. The summed E-state index contributed by atoms with van der Waals surface area (Å²) in [6, 6.07) is 14.8. The van der Waals surface area contributed by atoms with Crippen LogP contribution in [0.4, 0.5) is 4.79 Å². The second-order valence-electron chi connectivity index (χ2n) is 8.48. The van der Waals surface area contributed by atoms with E-state index in [1.165, 1.54) is 0 Å². The van der Waals surface area contributed by atoms with Crippen LogP contribution in [0.3, 0.4) is 0 Å². The molecule has 0 aromatic heterocycles. The van der Waals surface area contributed by atoms with E-state index < -0.39 is 30.4 Å². The Morgan fingerprint density at radius 3 is 2.12 bits per heavy atom. The molecule has 2 amide bonds. The largest absolute Gasteiger partial charge is 0.481 e. The van der Waals surface area contributed by atoms with Crippen LogP contribution < -0.4 is 10.6 Å². The molecular formula is C25H28N2O5. The van der Waals surface area contributed by atoms with Crippen LogP contribution in [0.5, 0.6) is 0 Å². The van der Waals surface area contributed by atoms with E-state index in [-0.39, 0.29) is 18.6 Å². The van der Waals surface area contributed by atoms with Crippen molar-refractivity contribution >= 4 is 18.0 Å². The Balaban J connectivity index is 1.40. The first-order valence-electron chi connectivity index (χ1n) is 11.1. The van der Waals surface area contributed by atoms with E-state index in [0.29, 0.717) is 5.92 Å². The van der Waals surface area contributed by atoms with Crippen molar-refractivity contribution in [1.82, 2.24) is 10.6 Å². The molecule has 2 atom stereocenters. The third-order valence-electron chi connectivity index (χ3n) is 6.29. The number of rotatable bonds is 9. The van der Waals surface area contributed by atoms with Gasteiger partial charge >= 0.3 is 12.1 Å². The van der Waals surface area contributed by atoms with E-state index >= 15 is 0 Å². The van der Waals surface area contributed by atoms with Crippen molar-refractivity contribution in [2.24, 2.45) is 5.92 Å².